The maximum absolute atomic E-state index is 5.91. The molecule has 0 unspecified atom stereocenters. The van der Waals surface area contributed by atoms with Crippen LogP contribution >= 0.6 is 0 Å². The number of anilines is 2. The van der Waals surface area contributed by atoms with Crippen LogP contribution in [0, 0.1) is 0 Å². The van der Waals surface area contributed by atoms with Gasteiger partial charge in [-0.2, -0.15) is 5.10 Å². The number of aromatic nitrogens is 2. The first-order valence-corrected chi connectivity index (χ1v) is 5.35. The second-order valence-electron chi connectivity index (χ2n) is 3.75. The number of nitrogen functional groups attached to an aromatic ring is 1. The first-order valence-electron chi connectivity index (χ1n) is 5.35. The fourth-order valence-corrected chi connectivity index (χ4v) is 1.59. The highest BCUT2D eigenvalue weighted by Gasteiger charge is 2.02. The van der Waals surface area contributed by atoms with Crippen molar-refractivity contribution in [2.24, 2.45) is 7.05 Å². The molecule has 3 N–H and O–H groups in total. The average Bonchev–Trinajstić information content (AvgIpc) is 2.73. The maximum atomic E-state index is 5.91. The number of nitrogens with two attached hydrogens (primary N) is 1. The number of benzene rings is 1. The SMILES string of the molecule is COc1ccc(NCc2ccnn2C)c(N)c1. The first kappa shape index (κ1) is 11.3. The summed E-state index contributed by atoms with van der Waals surface area (Å²) >= 11 is 0. The summed E-state index contributed by atoms with van der Waals surface area (Å²) in [7, 11) is 3.53. The van der Waals surface area contributed by atoms with Crippen LogP contribution in [0.5, 0.6) is 5.75 Å². The molecule has 90 valence electrons. The third-order valence-electron chi connectivity index (χ3n) is 2.64. The summed E-state index contributed by atoms with van der Waals surface area (Å²) < 4.78 is 6.92. The average molecular weight is 232 g/mol. The second kappa shape index (κ2) is 4.78. The van der Waals surface area contributed by atoms with Crippen LogP contribution in [0.25, 0.3) is 0 Å². The Labute approximate surface area is 100 Å². The molecule has 17 heavy (non-hydrogen) atoms. The van der Waals surface area contributed by atoms with Gasteiger partial charge in [0.05, 0.1) is 30.7 Å². The minimum atomic E-state index is 0.673. The third kappa shape index (κ3) is 2.50. The van der Waals surface area contributed by atoms with Gasteiger partial charge in [0.1, 0.15) is 5.75 Å². The lowest BCUT2D eigenvalue weighted by Gasteiger charge is -2.10. The Morgan fingerprint density at radius 1 is 1.41 bits per heavy atom. The number of aryl methyl sites for hydroxylation is 1. The van der Waals surface area contributed by atoms with E-state index < -0.39 is 0 Å². The molecule has 1 aromatic carbocycles. The molecule has 2 rings (SSSR count). The Kier molecular flexibility index (Phi) is 3.18. The molecular formula is C12H16N4O. The minimum absolute atomic E-state index is 0.673. The minimum Gasteiger partial charge on any atom is -0.497 e. The van der Waals surface area contributed by atoms with Crippen LogP contribution in [-0.2, 0) is 13.6 Å². The Morgan fingerprint density at radius 2 is 2.24 bits per heavy atom. The van der Waals surface area contributed by atoms with Crippen LogP contribution in [0.2, 0.25) is 0 Å². The molecule has 1 heterocycles. The Morgan fingerprint density at radius 3 is 2.82 bits per heavy atom. The molecular weight excluding hydrogens is 216 g/mol. The summed E-state index contributed by atoms with van der Waals surface area (Å²) in [5.74, 6) is 0.758. The fourth-order valence-electron chi connectivity index (χ4n) is 1.59. The molecule has 0 fully saturated rings. The number of rotatable bonds is 4. The summed E-state index contributed by atoms with van der Waals surface area (Å²) in [4.78, 5) is 0. The zero-order valence-corrected chi connectivity index (χ0v) is 9.97. The molecule has 0 aliphatic rings. The molecule has 1 aromatic heterocycles. The second-order valence-corrected chi connectivity index (χ2v) is 3.75. The molecule has 2 aromatic rings. The van der Waals surface area contributed by atoms with Gasteiger partial charge in [-0.1, -0.05) is 0 Å². The molecule has 0 atom stereocenters. The van der Waals surface area contributed by atoms with Crippen LogP contribution in [0.15, 0.2) is 30.5 Å². The molecule has 5 nitrogen and oxygen atoms in total. The Bertz CT molecular complexity index is 507. The maximum Gasteiger partial charge on any atom is 0.121 e. The number of ether oxygens (including phenoxy) is 1. The van der Waals surface area contributed by atoms with Gasteiger partial charge < -0.3 is 15.8 Å². The molecule has 0 saturated heterocycles. The van der Waals surface area contributed by atoms with Crippen molar-refractivity contribution in [3.8, 4) is 5.75 Å². The standard InChI is InChI=1S/C12H16N4O/c1-16-9(5-6-15-16)8-14-12-4-3-10(17-2)7-11(12)13/h3-7,14H,8,13H2,1-2H3. The zero-order valence-electron chi connectivity index (χ0n) is 9.97. The lowest BCUT2D eigenvalue weighted by atomic mass is 10.2. The van der Waals surface area contributed by atoms with Crippen molar-refractivity contribution in [1.82, 2.24) is 9.78 Å². The molecule has 0 saturated carbocycles. The smallest absolute Gasteiger partial charge is 0.121 e. The Balaban J connectivity index is 2.07. The highest BCUT2D eigenvalue weighted by Crippen LogP contribution is 2.24. The third-order valence-corrected chi connectivity index (χ3v) is 2.64. The summed E-state index contributed by atoms with van der Waals surface area (Å²) in [5, 5.41) is 7.37. The summed E-state index contributed by atoms with van der Waals surface area (Å²) in [6, 6.07) is 7.55. The Hall–Kier alpha value is -2.17. The fraction of sp³-hybridized carbons (Fsp3) is 0.250. The molecule has 5 heteroatoms. The van der Waals surface area contributed by atoms with Gasteiger partial charge >= 0.3 is 0 Å². The van der Waals surface area contributed by atoms with Gasteiger partial charge in [0, 0.05) is 19.3 Å². The van der Waals surface area contributed by atoms with E-state index in [0.29, 0.717) is 12.2 Å². The molecule has 0 bridgehead atoms. The molecule has 0 amide bonds. The first-order chi connectivity index (χ1) is 8.20. The van der Waals surface area contributed by atoms with Crippen molar-refractivity contribution in [2.75, 3.05) is 18.2 Å². The topological polar surface area (TPSA) is 65.1 Å². The van der Waals surface area contributed by atoms with Gasteiger partial charge in [0.15, 0.2) is 0 Å². The summed E-state index contributed by atoms with van der Waals surface area (Å²) in [5.41, 5.74) is 8.58. The van der Waals surface area contributed by atoms with Gasteiger partial charge in [-0.25, -0.2) is 0 Å². The van der Waals surface area contributed by atoms with E-state index in [9.17, 15) is 0 Å². The van der Waals surface area contributed by atoms with Gasteiger partial charge in [0.2, 0.25) is 0 Å². The summed E-state index contributed by atoms with van der Waals surface area (Å²) in [6.45, 7) is 0.688. The summed E-state index contributed by atoms with van der Waals surface area (Å²) in [6.07, 6.45) is 1.77. The predicted octanol–water partition coefficient (Wildman–Crippen LogP) is 1.62. The van der Waals surface area contributed by atoms with E-state index in [2.05, 4.69) is 10.4 Å². The lowest BCUT2D eigenvalue weighted by Crippen LogP contribution is -2.06. The van der Waals surface area contributed by atoms with E-state index in [1.54, 1.807) is 19.4 Å². The van der Waals surface area contributed by atoms with E-state index in [1.807, 2.05) is 29.9 Å². The zero-order chi connectivity index (χ0) is 12.3. The van der Waals surface area contributed by atoms with Gasteiger partial charge in [-0.15, -0.1) is 0 Å². The number of nitrogens with zero attached hydrogens (tertiary/aromatic N) is 2. The van der Waals surface area contributed by atoms with Gasteiger partial charge in [0.25, 0.3) is 0 Å². The van der Waals surface area contributed by atoms with Crippen LogP contribution in [0.3, 0.4) is 0 Å². The van der Waals surface area contributed by atoms with E-state index in [1.165, 1.54) is 0 Å². The number of hydrogen-bond donors (Lipinski definition) is 2. The van der Waals surface area contributed by atoms with Crippen molar-refractivity contribution in [3.63, 3.8) is 0 Å². The molecule has 0 spiro atoms. The monoisotopic (exact) mass is 232 g/mol. The van der Waals surface area contributed by atoms with Crippen molar-refractivity contribution >= 4 is 11.4 Å². The van der Waals surface area contributed by atoms with Crippen LogP contribution < -0.4 is 15.8 Å². The largest absolute Gasteiger partial charge is 0.497 e. The van der Waals surface area contributed by atoms with E-state index in [-0.39, 0.29) is 0 Å². The number of hydrogen-bond acceptors (Lipinski definition) is 4. The quantitative estimate of drug-likeness (QED) is 0.786. The van der Waals surface area contributed by atoms with Gasteiger partial charge in [-0.05, 0) is 18.2 Å². The van der Waals surface area contributed by atoms with Gasteiger partial charge in [-0.3, -0.25) is 4.68 Å². The van der Waals surface area contributed by atoms with Crippen molar-refractivity contribution < 1.29 is 4.74 Å². The molecule has 0 aliphatic heterocycles. The van der Waals surface area contributed by atoms with Crippen LogP contribution in [-0.4, -0.2) is 16.9 Å². The highest BCUT2D eigenvalue weighted by atomic mass is 16.5. The predicted molar refractivity (Wildman–Crippen MR) is 67.9 cm³/mol. The van der Waals surface area contributed by atoms with Crippen LogP contribution in [0.4, 0.5) is 11.4 Å². The highest BCUT2D eigenvalue weighted by molar-refractivity contribution is 5.68. The van der Waals surface area contributed by atoms with E-state index >= 15 is 0 Å². The normalized spacial score (nSPS) is 10.2. The molecule has 0 aliphatic carbocycles. The molecule has 0 radical (unpaired) electrons. The van der Waals surface area contributed by atoms with E-state index in [4.69, 9.17) is 10.5 Å². The van der Waals surface area contributed by atoms with Crippen molar-refractivity contribution in [2.45, 2.75) is 6.54 Å². The van der Waals surface area contributed by atoms with Crippen molar-refractivity contribution in [3.05, 3.63) is 36.2 Å². The van der Waals surface area contributed by atoms with Crippen molar-refractivity contribution in [1.29, 1.82) is 0 Å². The van der Waals surface area contributed by atoms with E-state index in [0.717, 1.165) is 17.1 Å². The lowest BCUT2D eigenvalue weighted by molar-refractivity contribution is 0.415. The van der Waals surface area contributed by atoms with Crippen LogP contribution in [0.1, 0.15) is 5.69 Å². The number of nitrogens with one attached hydrogen (secondary N) is 1. The number of methoxy groups -OCH3 is 1.